The van der Waals surface area contributed by atoms with Crippen molar-refractivity contribution in [1.82, 2.24) is 9.88 Å². The van der Waals surface area contributed by atoms with Crippen LogP contribution in [0.2, 0.25) is 0 Å². The topological polar surface area (TPSA) is 45.3 Å². The Bertz CT molecular complexity index is 998. The molecular weight excluding hydrogens is 369 g/mol. The summed E-state index contributed by atoms with van der Waals surface area (Å²) in [6, 6.07) is 12.7. The number of amides is 1. The summed E-state index contributed by atoms with van der Waals surface area (Å²) in [6.45, 7) is 1.61. The second kappa shape index (κ2) is 6.89. The second-order valence-corrected chi connectivity index (χ2v) is 6.96. The van der Waals surface area contributed by atoms with Crippen molar-refractivity contribution in [3.05, 3.63) is 65.9 Å². The molecule has 146 valence electrons. The lowest BCUT2D eigenvalue weighted by Crippen LogP contribution is -2.51. The molecule has 2 atom stereocenters. The van der Waals surface area contributed by atoms with Gasteiger partial charge < -0.3 is 14.6 Å². The number of alkyl halides is 3. The Hall–Kier alpha value is -2.96. The van der Waals surface area contributed by atoms with Gasteiger partial charge in [0.1, 0.15) is 12.4 Å². The molecule has 1 N–H and O–H groups in total. The molecule has 0 spiro atoms. The van der Waals surface area contributed by atoms with Crippen molar-refractivity contribution in [3.8, 4) is 5.75 Å². The first kappa shape index (κ1) is 18.4. The summed E-state index contributed by atoms with van der Waals surface area (Å²) < 4.78 is 46.1. The van der Waals surface area contributed by atoms with Crippen LogP contribution in [0.15, 0.2) is 54.7 Å². The first-order valence-corrected chi connectivity index (χ1v) is 9.02. The second-order valence-electron chi connectivity index (χ2n) is 6.96. The lowest BCUT2D eigenvalue weighted by Gasteiger charge is -2.36. The van der Waals surface area contributed by atoms with Gasteiger partial charge in [-0.25, -0.2) is 0 Å². The lowest BCUT2D eigenvalue weighted by molar-refractivity contribution is -0.191. The molecule has 1 unspecified atom stereocenters. The van der Waals surface area contributed by atoms with Gasteiger partial charge in [-0.2, -0.15) is 13.2 Å². The van der Waals surface area contributed by atoms with Crippen LogP contribution < -0.4 is 4.74 Å². The number of nitrogens with zero attached hydrogens (tertiary/aromatic N) is 1. The highest BCUT2D eigenvalue weighted by atomic mass is 19.4. The Morgan fingerprint density at radius 1 is 1.18 bits per heavy atom. The number of aromatic amines is 1. The number of benzene rings is 2. The van der Waals surface area contributed by atoms with Crippen molar-refractivity contribution >= 4 is 16.8 Å². The maximum Gasteiger partial charge on any atom is 0.471 e. The van der Waals surface area contributed by atoms with E-state index < -0.39 is 24.2 Å². The lowest BCUT2D eigenvalue weighted by atomic mass is 10.0. The van der Waals surface area contributed by atoms with E-state index in [9.17, 15) is 18.0 Å². The highest BCUT2D eigenvalue weighted by Gasteiger charge is 2.47. The van der Waals surface area contributed by atoms with E-state index in [-0.39, 0.29) is 13.0 Å². The Morgan fingerprint density at radius 2 is 1.93 bits per heavy atom. The molecule has 7 heteroatoms. The first-order chi connectivity index (χ1) is 13.4. The van der Waals surface area contributed by atoms with Crippen LogP contribution in [0.25, 0.3) is 10.9 Å². The van der Waals surface area contributed by atoms with E-state index in [0.29, 0.717) is 11.3 Å². The van der Waals surface area contributed by atoms with Crippen LogP contribution in [0, 0.1) is 0 Å². The standard InChI is InChI=1S/C21H19F3N2O2/c1-13(14-6-3-2-4-7-14)26(20(27)21(22,23)24)16-10-15-11-25-17-8-5-9-18(19(15)17)28-12-16/h2-9,11,13,16,25H,10,12H2,1H3/t13-,16?/m0/s1. The van der Waals surface area contributed by atoms with Gasteiger partial charge in [0.2, 0.25) is 0 Å². The van der Waals surface area contributed by atoms with Gasteiger partial charge in [-0.15, -0.1) is 0 Å². The van der Waals surface area contributed by atoms with E-state index in [2.05, 4.69) is 4.98 Å². The van der Waals surface area contributed by atoms with Crippen LogP contribution in [0.4, 0.5) is 13.2 Å². The number of hydrogen-bond donors (Lipinski definition) is 1. The number of aromatic nitrogens is 1. The molecule has 4 nitrogen and oxygen atoms in total. The maximum absolute atomic E-state index is 13.4. The van der Waals surface area contributed by atoms with Gasteiger partial charge in [-0.3, -0.25) is 4.79 Å². The summed E-state index contributed by atoms with van der Waals surface area (Å²) in [5.74, 6) is -1.24. The predicted molar refractivity (Wildman–Crippen MR) is 99.0 cm³/mol. The number of H-pyrrole nitrogens is 1. The van der Waals surface area contributed by atoms with E-state index in [0.717, 1.165) is 21.4 Å². The molecule has 2 aromatic carbocycles. The van der Waals surface area contributed by atoms with Crippen LogP contribution in [-0.4, -0.2) is 34.6 Å². The molecule has 0 aliphatic carbocycles. The highest BCUT2D eigenvalue weighted by Crippen LogP contribution is 2.36. The number of halogens is 3. The number of hydrogen-bond acceptors (Lipinski definition) is 2. The smallest absolute Gasteiger partial charge is 0.471 e. The molecule has 1 aromatic heterocycles. The van der Waals surface area contributed by atoms with Crippen LogP contribution in [-0.2, 0) is 11.2 Å². The van der Waals surface area contributed by atoms with Crippen LogP contribution in [0.3, 0.4) is 0 Å². The molecule has 0 bridgehead atoms. The van der Waals surface area contributed by atoms with Crippen molar-refractivity contribution in [3.63, 3.8) is 0 Å². The third-order valence-electron chi connectivity index (χ3n) is 5.21. The third kappa shape index (κ3) is 3.21. The zero-order chi connectivity index (χ0) is 19.9. The molecule has 2 heterocycles. The average Bonchev–Trinajstić information content (AvgIpc) is 2.99. The fourth-order valence-corrected chi connectivity index (χ4v) is 3.87. The fraction of sp³-hybridized carbons (Fsp3) is 0.286. The van der Waals surface area contributed by atoms with Crippen molar-refractivity contribution in [2.45, 2.75) is 31.6 Å². The van der Waals surface area contributed by atoms with E-state index >= 15 is 0 Å². The van der Waals surface area contributed by atoms with Crippen molar-refractivity contribution in [1.29, 1.82) is 0 Å². The van der Waals surface area contributed by atoms with E-state index in [1.165, 1.54) is 0 Å². The Labute approximate surface area is 159 Å². The van der Waals surface area contributed by atoms with Crippen molar-refractivity contribution < 1.29 is 22.7 Å². The average molecular weight is 388 g/mol. The predicted octanol–water partition coefficient (Wildman–Crippen LogP) is 4.62. The normalized spacial score (nSPS) is 17.6. The van der Waals surface area contributed by atoms with E-state index in [4.69, 9.17) is 4.74 Å². The van der Waals surface area contributed by atoms with E-state index in [1.54, 1.807) is 49.5 Å². The quantitative estimate of drug-likeness (QED) is 0.711. The molecule has 0 saturated carbocycles. The number of carbonyl (C=O) groups is 1. The fourth-order valence-electron chi connectivity index (χ4n) is 3.87. The van der Waals surface area contributed by atoms with E-state index in [1.807, 2.05) is 12.1 Å². The molecular formula is C21H19F3N2O2. The number of nitrogens with one attached hydrogen (secondary N) is 1. The molecule has 0 radical (unpaired) electrons. The van der Waals surface area contributed by atoms with Gasteiger partial charge in [0.05, 0.1) is 12.1 Å². The number of rotatable bonds is 3. The van der Waals surface area contributed by atoms with Crippen molar-refractivity contribution in [2.75, 3.05) is 6.61 Å². The summed E-state index contributed by atoms with van der Waals surface area (Å²) in [5.41, 5.74) is 2.34. The molecule has 3 aromatic rings. The maximum atomic E-state index is 13.4. The minimum Gasteiger partial charge on any atom is -0.491 e. The summed E-state index contributed by atoms with van der Waals surface area (Å²) >= 11 is 0. The molecule has 4 rings (SSSR count). The van der Waals surface area contributed by atoms with Gasteiger partial charge in [-0.1, -0.05) is 36.4 Å². The van der Waals surface area contributed by atoms with Gasteiger partial charge >= 0.3 is 12.1 Å². The SMILES string of the molecule is C[C@@H](c1ccccc1)N(C(=O)C(F)(F)F)C1COc2cccc3[nH]cc(c23)C1. The minimum atomic E-state index is -4.96. The summed E-state index contributed by atoms with van der Waals surface area (Å²) in [4.78, 5) is 16.4. The molecule has 1 amide bonds. The van der Waals surface area contributed by atoms with Gasteiger partial charge in [0.25, 0.3) is 0 Å². The minimum absolute atomic E-state index is 0.00716. The molecule has 0 saturated heterocycles. The Balaban J connectivity index is 1.74. The Morgan fingerprint density at radius 3 is 2.64 bits per heavy atom. The highest BCUT2D eigenvalue weighted by molar-refractivity contribution is 5.90. The first-order valence-electron chi connectivity index (χ1n) is 9.02. The summed E-state index contributed by atoms with van der Waals surface area (Å²) in [5, 5.41) is 0.858. The largest absolute Gasteiger partial charge is 0.491 e. The van der Waals surface area contributed by atoms with Gasteiger partial charge in [0.15, 0.2) is 0 Å². The van der Waals surface area contributed by atoms with Gasteiger partial charge in [0, 0.05) is 17.1 Å². The monoisotopic (exact) mass is 388 g/mol. The zero-order valence-electron chi connectivity index (χ0n) is 15.2. The molecule has 1 aliphatic heterocycles. The van der Waals surface area contributed by atoms with Crippen molar-refractivity contribution in [2.24, 2.45) is 0 Å². The summed E-state index contributed by atoms with van der Waals surface area (Å²) in [7, 11) is 0. The molecule has 1 aliphatic rings. The third-order valence-corrected chi connectivity index (χ3v) is 5.21. The zero-order valence-corrected chi connectivity index (χ0v) is 15.2. The number of ether oxygens (including phenoxy) is 1. The molecule has 0 fully saturated rings. The van der Waals surface area contributed by atoms with Crippen LogP contribution in [0.5, 0.6) is 5.75 Å². The molecule has 28 heavy (non-hydrogen) atoms. The van der Waals surface area contributed by atoms with Crippen LogP contribution in [0.1, 0.15) is 24.1 Å². The Kier molecular flexibility index (Phi) is 4.53. The number of carbonyl (C=O) groups excluding carboxylic acids is 1. The van der Waals surface area contributed by atoms with Gasteiger partial charge in [-0.05, 0) is 36.6 Å². The van der Waals surface area contributed by atoms with Crippen LogP contribution >= 0.6 is 0 Å². The summed E-state index contributed by atoms with van der Waals surface area (Å²) in [6.07, 6.45) is -2.91.